The number of rotatable bonds is 5. The fourth-order valence-electron chi connectivity index (χ4n) is 2.47. The number of allylic oxidation sites excluding steroid dienone is 1. The molecule has 2 heterocycles. The molecule has 2 rings (SSSR count). The van der Waals surface area contributed by atoms with E-state index in [4.69, 9.17) is 0 Å². The van der Waals surface area contributed by atoms with Crippen LogP contribution in [-0.4, -0.2) is 31.1 Å². The van der Waals surface area contributed by atoms with Crippen LogP contribution in [0.5, 0.6) is 0 Å². The van der Waals surface area contributed by atoms with Crippen molar-refractivity contribution >= 4 is 11.3 Å². The zero-order valence-electron chi connectivity index (χ0n) is 10.6. The first-order valence-electron chi connectivity index (χ1n) is 6.42. The monoisotopic (exact) mass is 250 g/mol. The van der Waals surface area contributed by atoms with Gasteiger partial charge in [-0.3, -0.25) is 4.90 Å². The summed E-state index contributed by atoms with van der Waals surface area (Å²) in [6.45, 7) is 10.7. The van der Waals surface area contributed by atoms with Gasteiger partial charge in [0.05, 0.1) is 0 Å². The van der Waals surface area contributed by atoms with Crippen LogP contribution in [0.25, 0.3) is 0 Å². The molecular weight excluding hydrogens is 228 g/mol. The molecule has 3 heteroatoms. The number of thiophene rings is 1. The van der Waals surface area contributed by atoms with Crippen LogP contribution in [0, 0.1) is 6.92 Å². The minimum atomic E-state index is 0.593. The average molecular weight is 250 g/mol. The van der Waals surface area contributed by atoms with Gasteiger partial charge >= 0.3 is 0 Å². The summed E-state index contributed by atoms with van der Waals surface area (Å²) in [7, 11) is 0. The summed E-state index contributed by atoms with van der Waals surface area (Å²) in [5.41, 5.74) is 1.45. The Hall–Kier alpha value is -0.640. The Morgan fingerprint density at radius 3 is 2.88 bits per heavy atom. The second kappa shape index (κ2) is 6.34. The predicted molar refractivity (Wildman–Crippen MR) is 75.7 cm³/mol. The maximum Gasteiger partial charge on any atom is 0.0448 e. The third kappa shape index (κ3) is 3.18. The van der Waals surface area contributed by atoms with E-state index in [0.29, 0.717) is 6.04 Å². The number of hydrogen-bond donors (Lipinski definition) is 1. The number of hydrogen-bond acceptors (Lipinski definition) is 3. The van der Waals surface area contributed by atoms with Crippen LogP contribution in [0.4, 0.5) is 0 Å². The minimum absolute atomic E-state index is 0.593. The molecule has 0 aliphatic carbocycles. The van der Waals surface area contributed by atoms with E-state index in [-0.39, 0.29) is 0 Å². The molecular formula is C14H22N2S. The van der Waals surface area contributed by atoms with E-state index in [1.54, 1.807) is 4.88 Å². The van der Waals surface area contributed by atoms with Gasteiger partial charge in [-0.15, -0.1) is 17.9 Å². The van der Waals surface area contributed by atoms with Crippen LogP contribution in [-0.2, 0) is 0 Å². The van der Waals surface area contributed by atoms with E-state index in [9.17, 15) is 0 Å². The van der Waals surface area contributed by atoms with Gasteiger partial charge in [0.25, 0.3) is 0 Å². The molecule has 0 radical (unpaired) electrons. The summed E-state index contributed by atoms with van der Waals surface area (Å²) in [5, 5.41) is 5.64. The Labute approximate surface area is 108 Å². The lowest BCUT2D eigenvalue weighted by Gasteiger charge is -2.34. The van der Waals surface area contributed by atoms with Crippen LogP contribution >= 0.6 is 11.3 Å². The Morgan fingerprint density at radius 1 is 1.53 bits per heavy atom. The highest BCUT2D eigenvalue weighted by Gasteiger charge is 2.23. The van der Waals surface area contributed by atoms with Crippen molar-refractivity contribution in [2.45, 2.75) is 25.8 Å². The van der Waals surface area contributed by atoms with Gasteiger partial charge < -0.3 is 5.32 Å². The van der Waals surface area contributed by atoms with Gasteiger partial charge in [-0.2, -0.15) is 0 Å². The maximum atomic E-state index is 3.85. The van der Waals surface area contributed by atoms with E-state index >= 15 is 0 Å². The summed E-state index contributed by atoms with van der Waals surface area (Å²) in [4.78, 5) is 4.17. The highest BCUT2D eigenvalue weighted by atomic mass is 32.1. The average Bonchev–Trinajstić information content (AvgIpc) is 2.78. The number of piperazine rings is 1. The Morgan fingerprint density at radius 2 is 2.29 bits per heavy atom. The molecule has 1 aliphatic rings. The highest BCUT2D eigenvalue weighted by molar-refractivity contribution is 7.10. The molecule has 17 heavy (non-hydrogen) atoms. The third-order valence-electron chi connectivity index (χ3n) is 3.44. The summed E-state index contributed by atoms with van der Waals surface area (Å²) >= 11 is 1.91. The van der Waals surface area contributed by atoms with Crippen molar-refractivity contribution in [3.05, 3.63) is 34.5 Å². The summed E-state index contributed by atoms with van der Waals surface area (Å²) in [6.07, 6.45) is 4.34. The minimum Gasteiger partial charge on any atom is -0.314 e. The molecule has 0 aromatic carbocycles. The lowest BCUT2D eigenvalue weighted by atomic mass is 10.0. The van der Waals surface area contributed by atoms with Crippen LogP contribution in [0.1, 0.15) is 29.3 Å². The molecule has 1 atom stereocenters. The third-order valence-corrected chi connectivity index (χ3v) is 4.56. The molecule has 0 saturated carbocycles. The standard InChI is InChI=1S/C14H22N2S/c1-3-4-5-13(14-12(2)6-11-17-14)16-9-7-15-8-10-16/h3,6,11,13,15H,1,4-5,7-10H2,2H3/t13-/m1/s1. The van der Waals surface area contributed by atoms with Crippen LogP contribution in [0.3, 0.4) is 0 Å². The smallest absolute Gasteiger partial charge is 0.0448 e. The van der Waals surface area contributed by atoms with Crippen molar-refractivity contribution in [3.63, 3.8) is 0 Å². The molecule has 0 bridgehead atoms. The van der Waals surface area contributed by atoms with Gasteiger partial charge in [0.15, 0.2) is 0 Å². The first-order valence-corrected chi connectivity index (χ1v) is 7.30. The summed E-state index contributed by atoms with van der Waals surface area (Å²) in [5.74, 6) is 0. The van der Waals surface area contributed by atoms with E-state index in [1.165, 1.54) is 25.1 Å². The largest absolute Gasteiger partial charge is 0.314 e. The van der Waals surface area contributed by atoms with E-state index in [0.717, 1.165) is 19.5 Å². The van der Waals surface area contributed by atoms with Crippen LogP contribution < -0.4 is 5.32 Å². The van der Waals surface area contributed by atoms with Gasteiger partial charge in [0, 0.05) is 37.1 Å². The number of nitrogens with one attached hydrogen (secondary N) is 1. The van der Waals surface area contributed by atoms with Crippen molar-refractivity contribution in [1.82, 2.24) is 10.2 Å². The second-order valence-corrected chi connectivity index (χ2v) is 5.58. The van der Waals surface area contributed by atoms with Gasteiger partial charge in [0.1, 0.15) is 0 Å². The Kier molecular flexibility index (Phi) is 4.77. The van der Waals surface area contributed by atoms with E-state index < -0.39 is 0 Å². The predicted octanol–water partition coefficient (Wildman–Crippen LogP) is 2.97. The van der Waals surface area contributed by atoms with Crippen molar-refractivity contribution in [2.75, 3.05) is 26.2 Å². The van der Waals surface area contributed by atoms with Crippen LogP contribution in [0.2, 0.25) is 0 Å². The van der Waals surface area contributed by atoms with E-state index in [2.05, 4.69) is 35.2 Å². The van der Waals surface area contributed by atoms with Crippen molar-refractivity contribution in [2.24, 2.45) is 0 Å². The molecule has 0 amide bonds. The quantitative estimate of drug-likeness (QED) is 0.808. The van der Waals surface area contributed by atoms with Gasteiger partial charge in [0.2, 0.25) is 0 Å². The maximum absolute atomic E-state index is 3.85. The first kappa shape index (κ1) is 12.8. The first-order chi connectivity index (χ1) is 8.33. The zero-order chi connectivity index (χ0) is 12.1. The van der Waals surface area contributed by atoms with Crippen molar-refractivity contribution < 1.29 is 0 Å². The molecule has 1 saturated heterocycles. The van der Waals surface area contributed by atoms with Crippen LogP contribution in [0.15, 0.2) is 24.1 Å². The molecule has 2 nitrogen and oxygen atoms in total. The Bertz CT molecular complexity index is 353. The van der Waals surface area contributed by atoms with Crippen molar-refractivity contribution in [1.29, 1.82) is 0 Å². The molecule has 1 fully saturated rings. The lowest BCUT2D eigenvalue weighted by molar-refractivity contribution is 0.168. The van der Waals surface area contributed by atoms with Gasteiger partial charge in [-0.25, -0.2) is 0 Å². The van der Waals surface area contributed by atoms with Crippen molar-refractivity contribution in [3.8, 4) is 0 Å². The molecule has 1 N–H and O–H groups in total. The molecule has 1 aromatic heterocycles. The molecule has 94 valence electrons. The molecule has 0 unspecified atom stereocenters. The molecule has 1 aliphatic heterocycles. The van der Waals surface area contributed by atoms with E-state index in [1.807, 2.05) is 17.4 Å². The Balaban J connectivity index is 2.12. The summed E-state index contributed by atoms with van der Waals surface area (Å²) < 4.78 is 0. The lowest BCUT2D eigenvalue weighted by Crippen LogP contribution is -2.45. The topological polar surface area (TPSA) is 15.3 Å². The van der Waals surface area contributed by atoms with Gasteiger partial charge in [-0.05, 0) is 36.8 Å². The highest BCUT2D eigenvalue weighted by Crippen LogP contribution is 2.32. The number of nitrogens with zero attached hydrogens (tertiary/aromatic N) is 1. The zero-order valence-corrected chi connectivity index (χ0v) is 11.4. The SMILES string of the molecule is C=CCC[C@H](c1sccc1C)N1CCNCC1. The molecule has 0 spiro atoms. The molecule has 1 aromatic rings. The summed E-state index contributed by atoms with van der Waals surface area (Å²) in [6, 6.07) is 2.83. The fourth-order valence-corrected chi connectivity index (χ4v) is 3.57. The fraction of sp³-hybridized carbons (Fsp3) is 0.571. The normalized spacial score (nSPS) is 19.1. The number of aryl methyl sites for hydroxylation is 1. The van der Waals surface area contributed by atoms with Gasteiger partial charge in [-0.1, -0.05) is 6.08 Å². The second-order valence-electron chi connectivity index (χ2n) is 4.64.